The minimum Gasteiger partial charge on any atom is -0.326 e. The third-order valence-corrected chi connectivity index (χ3v) is 3.12. The van der Waals surface area contributed by atoms with E-state index >= 15 is 0 Å². The molecule has 102 valence electrons. The smallest absolute Gasteiger partial charge is 0.248 e. The lowest BCUT2D eigenvalue weighted by Gasteiger charge is -2.06. The molecule has 0 spiro atoms. The fourth-order valence-electron chi connectivity index (χ4n) is 1.60. The van der Waals surface area contributed by atoms with Crippen molar-refractivity contribution in [2.75, 3.05) is 10.6 Å². The van der Waals surface area contributed by atoms with E-state index < -0.39 is 0 Å². The number of hydrogen-bond donors (Lipinski definition) is 2. The SMILES string of the molecule is CC(=O)Nc1cccc(NC(=O)C=Cc2ccsc2)c1. The third kappa shape index (κ3) is 4.37. The summed E-state index contributed by atoms with van der Waals surface area (Å²) in [6.45, 7) is 1.44. The van der Waals surface area contributed by atoms with Crippen LogP contribution in [0.3, 0.4) is 0 Å². The van der Waals surface area contributed by atoms with Crippen molar-refractivity contribution in [3.8, 4) is 0 Å². The fraction of sp³-hybridized carbons (Fsp3) is 0.0667. The molecular weight excluding hydrogens is 272 g/mol. The molecule has 5 heteroatoms. The second-order valence-corrected chi connectivity index (χ2v) is 4.92. The summed E-state index contributed by atoms with van der Waals surface area (Å²) in [5.74, 6) is -0.359. The number of amides is 2. The van der Waals surface area contributed by atoms with Crippen LogP contribution in [-0.4, -0.2) is 11.8 Å². The Morgan fingerprint density at radius 3 is 2.55 bits per heavy atom. The molecule has 2 rings (SSSR count). The lowest BCUT2D eigenvalue weighted by Crippen LogP contribution is -2.09. The predicted molar refractivity (Wildman–Crippen MR) is 82.7 cm³/mol. The molecule has 1 aromatic heterocycles. The van der Waals surface area contributed by atoms with Crippen molar-refractivity contribution in [1.82, 2.24) is 0 Å². The Bertz CT molecular complexity index is 633. The number of rotatable bonds is 4. The van der Waals surface area contributed by atoms with Crippen LogP contribution in [0, 0.1) is 0 Å². The molecule has 0 fully saturated rings. The van der Waals surface area contributed by atoms with Crippen LogP contribution in [0.5, 0.6) is 0 Å². The number of carbonyl (C=O) groups is 2. The van der Waals surface area contributed by atoms with Gasteiger partial charge >= 0.3 is 0 Å². The number of nitrogens with one attached hydrogen (secondary N) is 2. The van der Waals surface area contributed by atoms with Crippen LogP contribution in [0.1, 0.15) is 12.5 Å². The normalized spacial score (nSPS) is 10.4. The van der Waals surface area contributed by atoms with Crippen molar-refractivity contribution in [3.63, 3.8) is 0 Å². The average Bonchev–Trinajstić information content (AvgIpc) is 2.89. The van der Waals surface area contributed by atoms with Gasteiger partial charge in [0, 0.05) is 24.4 Å². The number of hydrogen-bond acceptors (Lipinski definition) is 3. The van der Waals surface area contributed by atoms with Crippen LogP contribution in [0.2, 0.25) is 0 Å². The van der Waals surface area contributed by atoms with Crippen LogP contribution in [0.25, 0.3) is 6.08 Å². The van der Waals surface area contributed by atoms with E-state index in [0.717, 1.165) is 5.56 Å². The van der Waals surface area contributed by atoms with Crippen molar-refractivity contribution < 1.29 is 9.59 Å². The van der Waals surface area contributed by atoms with Crippen LogP contribution >= 0.6 is 11.3 Å². The molecule has 0 saturated heterocycles. The Kier molecular flexibility index (Phi) is 4.68. The fourth-order valence-corrected chi connectivity index (χ4v) is 2.23. The monoisotopic (exact) mass is 286 g/mol. The summed E-state index contributed by atoms with van der Waals surface area (Å²) >= 11 is 1.58. The van der Waals surface area contributed by atoms with Crippen LogP contribution in [0.15, 0.2) is 47.2 Å². The third-order valence-electron chi connectivity index (χ3n) is 2.42. The highest BCUT2D eigenvalue weighted by Gasteiger charge is 2.00. The Morgan fingerprint density at radius 1 is 1.15 bits per heavy atom. The molecule has 2 N–H and O–H groups in total. The zero-order valence-electron chi connectivity index (χ0n) is 10.9. The molecule has 0 aliphatic heterocycles. The van der Waals surface area contributed by atoms with Gasteiger partial charge in [-0.15, -0.1) is 0 Å². The quantitative estimate of drug-likeness (QED) is 0.847. The van der Waals surface area contributed by atoms with Crippen LogP contribution in [0.4, 0.5) is 11.4 Å². The highest BCUT2D eigenvalue weighted by Crippen LogP contribution is 2.15. The van der Waals surface area contributed by atoms with E-state index in [-0.39, 0.29) is 11.8 Å². The molecule has 0 radical (unpaired) electrons. The van der Waals surface area contributed by atoms with Crippen LogP contribution < -0.4 is 10.6 Å². The first-order valence-electron chi connectivity index (χ1n) is 6.02. The zero-order valence-corrected chi connectivity index (χ0v) is 11.7. The van der Waals surface area contributed by atoms with Gasteiger partial charge in [-0.2, -0.15) is 11.3 Å². The summed E-state index contributed by atoms with van der Waals surface area (Å²) in [7, 11) is 0. The average molecular weight is 286 g/mol. The van der Waals surface area contributed by atoms with E-state index in [2.05, 4.69) is 10.6 Å². The molecule has 1 aromatic carbocycles. The number of benzene rings is 1. The molecule has 0 atom stereocenters. The molecule has 1 heterocycles. The summed E-state index contributed by atoms with van der Waals surface area (Å²) in [5, 5.41) is 9.32. The molecule has 2 aromatic rings. The molecule has 4 nitrogen and oxygen atoms in total. The van der Waals surface area contributed by atoms with Gasteiger partial charge in [-0.05, 0) is 46.7 Å². The standard InChI is InChI=1S/C15H14N2O2S/c1-11(18)16-13-3-2-4-14(9-13)17-15(19)6-5-12-7-8-20-10-12/h2-10H,1H3,(H,16,18)(H,17,19). The van der Waals surface area contributed by atoms with E-state index in [4.69, 9.17) is 0 Å². The Morgan fingerprint density at radius 2 is 1.90 bits per heavy atom. The molecule has 0 aliphatic carbocycles. The van der Waals surface area contributed by atoms with Crippen molar-refractivity contribution in [1.29, 1.82) is 0 Å². The van der Waals surface area contributed by atoms with Crippen molar-refractivity contribution in [2.24, 2.45) is 0 Å². The zero-order chi connectivity index (χ0) is 14.4. The summed E-state index contributed by atoms with van der Waals surface area (Å²) in [6.07, 6.45) is 3.23. The lowest BCUT2D eigenvalue weighted by atomic mass is 10.2. The maximum Gasteiger partial charge on any atom is 0.248 e. The van der Waals surface area contributed by atoms with Gasteiger partial charge in [-0.1, -0.05) is 6.07 Å². The van der Waals surface area contributed by atoms with E-state index in [9.17, 15) is 9.59 Å². The second kappa shape index (κ2) is 6.68. The van der Waals surface area contributed by atoms with Gasteiger partial charge in [0.05, 0.1) is 0 Å². The Balaban J connectivity index is 1.99. The van der Waals surface area contributed by atoms with Crippen molar-refractivity contribution in [3.05, 3.63) is 52.7 Å². The molecule has 20 heavy (non-hydrogen) atoms. The highest BCUT2D eigenvalue weighted by molar-refractivity contribution is 7.08. The maximum absolute atomic E-state index is 11.8. The summed E-state index contributed by atoms with van der Waals surface area (Å²) in [4.78, 5) is 22.7. The van der Waals surface area contributed by atoms with Gasteiger partial charge in [0.15, 0.2) is 0 Å². The molecular formula is C15H14N2O2S. The first-order valence-corrected chi connectivity index (χ1v) is 6.97. The molecule has 0 unspecified atom stereocenters. The van der Waals surface area contributed by atoms with Gasteiger partial charge in [0.25, 0.3) is 0 Å². The van der Waals surface area contributed by atoms with E-state index in [1.54, 1.807) is 41.7 Å². The van der Waals surface area contributed by atoms with Crippen LogP contribution in [-0.2, 0) is 9.59 Å². The minimum atomic E-state index is -0.212. The molecule has 2 amide bonds. The van der Waals surface area contributed by atoms with Gasteiger partial charge < -0.3 is 10.6 Å². The second-order valence-electron chi connectivity index (χ2n) is 4.14. The van der Waals surface area contributed by atoms with E-state index in [1.165, 1.54) is 13.0 Å². The summed E-state index contributed by atoms with van der Waals surface area (Å²) in [6, 6.07) is 8.94. The first-order chi connectivity index (χ1) is 9.63. The van der Waals surface area contributed by atoms with Gasteiger partial charge in [-0.25, -0.2) is 0 Å². The summed E-state index contributed by atoms with van der Waals surface area (Å²) < 4.78 is 0. The van der Waals surface area contributed by atoms with Crippen molar-refractivity contribution >= 4 is 40.6 Å². The predicted octanol–water partition coefficient (Wildman–Crippen LogP) is 3.36. The van der Waals surface area contributed by atoms with Gasteiger partial charge in [0.2, 0.25) is 11.8 Å². The number of thiophene rings is 1. The molecule has 0 aliphatic rings. The van der Waals surface area contributed by atoms with E-state index in [0.29, 0.717) is 11.4 Å². The van der Waals surface area contributed by atoms with Gasteiger partial charge in [-0.3, -0.25) is 9.59 Å². The molecule has 0 bridgehead atoms. The van der Waals surface area contributed by atoms with Gasteiger partial charge in [0.1, 0.15) is 0 Å². The largest absolute Gasteiger partial charge is 0.326 e. The first kappa shape index (κ1) is 14.0. The molecule has 0 saturated carbocycles. The Labute approximate surface area is 121 Å². The topological polar surface area (TPSA) is 58.2 Å². The lowest BCUT2D eigenvalue weighted by molar-refractivity contribution is -0.114. The number of anilines is 2. The minimum absolute atomic E-state index is 0.147. The Hall–Kier alpha value is -2.40. The highest BCUT2D eigenvalue weighted by atomic mass is 32.1. The van der Waals surface area contributed by atoms with E-state index in [1.807, 2.05) is 16.8 Å². The number of carbonyl (C=O) groups excluding carboxylic acids is 2. The maximum atomic E-state index is 11.8. The summed E-state index contributed by atoms with van der Waals surface area (Å²) in [5.41, 5.74) is 2.28. The van der Waals surface area contributed by atoms with Crippen molar-refractivity contribution in [2.45, 2.75) is 6.92 Å².